The molecule has 0 atom stereocenters. The van der Waals surface area contributed by atoms with Gasteiger partial charge in [0.05, 0.1) is 6.61 Å². The van der Waals surface area contributed by atoms with Crippen LogP contribution in [0.15, 0.2) is 42.6 Å². The quantitative estimate of drug-likeness (QED) is 0.498. The number of hydrogen-bond donors (Lipinski definition) is 0. The molecule has 0 unspecified atom stereocenters. The maximum absolute atomic E-state index is 5.79. The molecule has 1 heterocycles. The van der Waals surface area contributed by atoms with Crippen molar-refractivity contribution < 1.29 is 4.74 Å². The van der Waals surface area contributed by atoms with Gasteiger partial charge in [0.25, 0.3) is 0 Å². The van der Waals surface area contributed by atoms with Gasteiger partial charge in [0.1, 0.15) is 5.75 Å². The van der Waals surface area contributed by atoms with Crippen molar-refractivity contribution in [2.24, 2.45) is 0 Å². The molecule has 0 N–H and O–H groups in total. The van der Waals surface area contributed by atoms with E-state index in [1.54, 1.807) is 0 Å². The minimum absolute atomic E-state index is 0.813. The molecule has 0 fully saturated rings. The topological polar surface area (TPSA) is 22.1 Å². The number of pyridine rings is 1. The summed E-state index contributed by atoms with van der Waals surface area (Å²) in [6.07, 6.45) is 10.4. The SMILES string of the molecule is CCCCCCOc1ccc(-c2ccc(CCCC)nc2)cc1. The summed E-state index contributed by atoms with van der Waals surface area (Å²) in [5.74, 6) is 0.956. The van der Waals surface area contributed by atoms with Crippen molar-refractivity contribution in [2.45, 2.75) is 58.8 Å². The number of aromatic nitrogens is 1. The maximum Gasteiger partial charge on any atom is 0.119 e. The molecule has 0 saturated carbocycles. The second kappa shape index (κ2) is 10.0. The van der Waals surface area contributed by atoms with E-state index in [4.69, 9.17) is 4.74 Å². The monoisotopic (exact) mass is 311 g/mol. The Balaban J connectivity index is 1.86. The molecule has 2 rings (SSSR count). The highest BCUT2D eigenvalue weighted by Gasteiger charge is 2.01. The Hall–Kier alpha value is -1.83. The van der Waals surface area contributed by atoms with Crippen LogP contribution in [0.1, 0.15) is 58.1 Å². The van der Waals surface area contributed by atoms with E-state index in [0.717, 1.165) is 25.2 Å². The molecule has 23 heavy (non-hydrogen) atoms. The molecular weight excluding hydrogens is 282 g/mol. The number of hydrogen-bond acceptors (Lipinski definition) is 2. The third kappa shape index (κ3) is 6.05. The fraction of sp³-hybridized carbons (Fsp3) is 0.476. The Morgan fingerprint density at radius 2 is 1.52 bits per heavy atom. The Bertz CT molecular complexity index is 545. The molecule has 0 spiro atoms. The number of nitrogens with zero attached hydrogens (tertiary/aromatic N) is 1. The van der Waals surface area contributed by atoms with Gasteiger partial charge in [0.2, 0.25) is 0 Å². The van der Waals surface area contributed by atoms with Crippen LogP contribution in [0.5, 0.6) is 5.75 Å². The first-order chi connectivity index (χ1) is 11.3. The summed E-state index contributed by atoms with van der Waals surface area (Å²) in [4.78, 5) is 4.56. The third-order valence-corrected chi connectivity index (χ3v) is 4.07. The van der Waals surface area contributed by atoms with Gasteiger partial charge in [-0.2, -0.15) is 0 Å². The highest BCUT2D eigenvalue weighted by atomic mass is 16.5. The molecule has 0 bridgehead atoms. The molecule has 0 saturated heterocycles. The van der Waals surface area contributed by atoms with Crippen molar-refractivity contribution in [3.63, 3.8) is 0 Å². The predicted molar refractivity (Wildman–Crippen MR) is 97.9 cm³/mol. The molecule has 2 nitrogen and oxygen atoms in total. The summed E-state index contributed by atoms with van der Waals surface area (Å²) in [5.41, 5.74) is 3.54. The fourth-order valence-corrected chi connectivity index (χ4v) is 2.56. The molecule has 1 aromatic carbocycles. The van der Waals surface area contributed by atoms with Crippen LogP contribution in [0.3, 0.4) is 0 Å². The Morgan fingerprint density at radius 3 is 2.17 bits per heavy atom. The van der Waals surface area contributed by atoms with Crippen LogP contribution in [0.4, 0.5) is 0 Å². The Morgan fingerprint density at radius 1 is 0.783 bits per heavy atom. The van der Waals surface area contributed by atoms with Gasteiger partial charge >= 0.3 is 0 Å². The zero-order chi connectivity index (χ0) is 16.3. The van der Waals surface area contributed by atoms with E-state index < -0.39 is 0 Å². The minimum Gasteiger partial charge on any atom is -0.494 e. The first-order valence-electron chi connectivity index (χ1n) is 9.01. The molecule has 1 aromatic heterocycles. The van der Waals surface area contributed by atoms with Gasteiger partial charge in [-0.3, -0.25) is 4.98 Å². The van der Waals surface area contributed by atoms with Gasteiger partial charge < -0.3 is 4.74 Å². The van der Waals surface area contributed by atoms with Gasteiger partial charge in [-0.25, -0.2) is 0 Å². The van der Waals surface area contributed by atoms with Crippen molar-refractivity contribution in [3.05, 3.63) is 48.3 Å². The van der Waals surface area contributed by atoms with Gasteiger partial charge in [0, 0.05) is 17.5 Å². The normalized spacial score (nSPS) is 10.7. The third-order valence-electron chi connectivity index (χ3n) is 4.07. The smallest absolute Gasteiger partial charge is 0.119 e. The second-order valence-corrected chi connectivity index (χ2v) is 6.08. The number of aryl methyl sites for hydroxylation is 1. The average Bonchev–Trinajstić information content (AvgIpc) is 2.61. The summed E-state index contributed by atoms with van der Waals surface area (Å²) >= 11 is 0. The Labute approximate surface area is 140 Å². The van der Waals surface area contributed by atoms with E-state index in [1.165, 1.54) is 48.9 Å². The molecule has 0 aliphatic rings. The lowest BCUT2D eigenvalue weighted by molar-refractivity contribution is 0.305. The Kier molecular flexibility index (Phi) is 7.65. The van der Waals surface area contributed by atoms with E-state index in [2.05, 4.69) is 55.2 Å². The van der Waals surface area contributed by atoms with Gasteiger partial charge in [0.15, 0.2) is 0 Å². The minimum atomic E-state index is 0.813. The van der Waals surface area contributed by atoms with Crippen LogP contribution in [0, 0.1) is 0 Å². The zero-order valence-corrected chi connectivity index (χ0v) is 14.6. The largest absolute Gasteiger partial charge is 0.494 e. The van der Waals surface area contributed by atoms with Gasteiger partial charge in [-0.15, -0.1) is 0 Å². The van der Waals surface area contributed by atoms with Crippen molar-refractivity contribution in [3.8, 4) is 16.9 Å². The molecular formula is C21H29NO. The van der Waals surface area contributed by atoms with Crippen LogP contribution < -0.4 is 4.74 Å². The fourth-order valence-electron chi connectivity index (χ4n) is 2.56. The highest BCUT2D eigenvalue weighted by molar-refractivity contribution is 5.63. The lowest BCUT2D eigenvalue weighted by atomic mass is 10.1. The van der Waals surface area contributed by atoms with E-state index in [0.29, 0.717) is 0 Å². The summed E-state index contributed by atoms with van der Waals surface area (Å²) in [6.45, 7) is 5.25. The second-order valence-electron chi connectivity index (χ2n) is 6.08. The summed E-state index contributed by atoms with van der Waals surface area (Å²) in [5, 5.41) is 0. The van der Waals surface area contributed by atoms with E-state index in [1.807, 2.05) is 6.20 Å². The summed E-state index contributed by atoms with van der Waals surface area (Å²) < 4.78 is 5.79. The van der Waals surface area contributed by atoms with Crippen molar-refractivity contribution >= 4 is 0 Å². The van der Waals surface area contributed by atoms with Crippen molar-refractivity contribution in [1.82, 2.24) is 4.98 Å². The summed E-state index contributed by atoms with van der Waals surface area (Å²) in [6, 6.07) is 12.6. The molecule has 0 aliphatic heterocycles. The maximum atomic E-state index is 5.79. The standard InChI is InChI=1S/C21H29NO/c1-3-5-7-8-16-23-21-14-11-18(12-15-21)19-10-13-20(22-17-19)9-6-4-2/h10-15,17H,3-9,16H2,1-2H3. The average molecular weight is 311 g/mol. The first-order valence-corrected chi connectivity index (χ1v) is 9.01. The van der Waals surface area contributed by atoms with Crippen LogP contribution in [0.2, 0.25) is 0 Å². The molecule has 124 valence electrons. The lowest BCUT2D eigenvalue weighted by Gasteiger charge is -2.08. The number of ether oxygens (including phenoxy) is 1. The van der Waals surface area contributed by atoms with Crippen LogP contribution in [-0.4, -0.2) is 11.6 Å². The first kappa shape index (κ1) is 17.5. The highest BCUT2D eigenvalue weighted by Crippen LogP contribution is 2.22. The van der Waals surface area contributed by atoms with E-state index >= 15 is 0 Å². The van der Waals surface area contributed by atoms with Crippen LogP contribution in [-0.2, 0) is 6.42 Å². The molecule has 0 amide bonds. The summed E-state index contributed by atoms with van der Waals surface area (Å²) in [7, 11) is 0. The van der Waals surface area contributed by atoms with Crippen molar-refractivity contribution in [2.75, 3.05) is 6.61 Å². The van der Waals surface area contributed by atoms with Crippen molar-refractivity contribution in [1.29, 1.82) is 0 Å². The van der Waals surface area contributed by atoms with Crippen LogP contribution in [0.25, 0.3) is 11.1 Å². The molecule has 0 radical (unpaired) electrons. The van der Waals surface area contributed by atoms with E-state index in [-0.39, 0.29) is 0 Å². The number of rotatable bonds is 10. The zero-order valence-electron chi connectivity index (χ0n) is 14.6. The van der Waals surface area contributed by atoms with Gasteiger partial charge in [-0.1, -0.05) is 57.7 Å². The van der Waals surface area contributed by atoms with Crippen LogP contribution >= 0.6 is 0 Å². The lowest BCUT2D eigenvalue weighted by Crippen LogP contribution is -1.97. The van der Waals surface area contributed by atoms with Gasteiger partial charge in [-0.05, 0) is 43.0 Å². The predicted octanol–water partition coefficient (Wildman–Crippen LogP) is 6.05. The molecule has 2 heteroatoms. The molecule has 2 aromatic rings. The van der Waals surface area contributed by atoms with E-state index in [9.17, 15) is 0 Å². The molecule has 0 aliphatic carbocycles. The number of unbranched alkanes of at least 4 members (excludes halogenated alkanes) is 4. The number of benzene rings is 1.